The second-order valence-electron chi connectivity index (χ2n) is 6.64. The highest BCUT2D eigenvalue weighted by atomic mass is 16.3. The molecule has 0 atom stereocenters. The molecule has 3 aromatic rings. The molecule has 0 saturated carbocycles. The number of benzene rings is 1. The van der Waals surface area contributed by atoms with E-state index in [1.807, 2.05) is 11.0 Å². The summed E-state index contributed by atoms with van der Waals surface area (Å²) in [7, 11) is 0. The minimum Gasteiger partial charge on any atom is -0.393 e. The molecule has 138 valence electrons. The summed E-state index contributed by atoms with van der Waals surface area (Å²) >= 11 is 0. The van der Waals surface area contributed by atoms with Crippen LogP contribution in [0.1, 0.15) is 23.3 Å². The van der Waals surface area contributed by atoms with E-state index in [1.165, 1.54) is 6.07 Å². The topological polar surface area (TPSA) is 98.3 Å². The molecule has 1 aliphatic heterocycles. The van der Waals surface area contributed by atoms with Crippen molar-refractivity contribution in [1.29, 1.82) is 0 Å². The van der Waals surface area contributed by atoms with Gasteiger partial charge in [0.05, 0.1) is 11.8 Å². The van der Waals surface area contributed by atoms with E-state index in [-0.39, 0.29) is 17.2 Å². The smallest absolute Gasteiger partial charge is 0.272 e. The normalized spacial score (nSPS) is 15.1. The number of rotatable bonds is 3. The Kier molecular flexibility index (Phi) is 4.60. The van der Waals surface area contributed by atoms with Gasteiger partial charge in [0.25, 0.3) is 5.91 Å². The van der Waals surface area contributed by atoms with Crippen LogP contribution in [0.4, 0.5) is 11.5 Å². The molecule has 0 spiro atoms. The fourth-order valence-electron chi connectivity index (χ4n) is 3.33. The van der Waals surface area contributed by atoms with E-state index in [0.29, 0.717) is 48.3 Å². The minimum absolute atomic E-state index is 0.197. The number of piperidine rings is 1. The largest absolute Gasteiger partial charge is 0.393 e. The van der Waals surface area contributed by atoms with Crippen LogP contribution in [-0.4, -0.2) is 40.2 Å². The van der Waals surface area contributed by atoms with E-state index in [4.69, 9.17) is 0 Å². The molecule has 3 heterocycles. The third-order valence-corrected chi connectivity index (χ3v) is 4.78. The molecule has 0 radical (unpaired) electrons. The number of hydrogen-bond donors (Lipinski definition) is 3. The van der Waals surface area contributed by atoms with Crippen molar-refractivity contribution in [2.45, 2.75) is 18.9 Å². The summed E-state index contributed by atoms with van der Waals surface area (Å²) in [5.74, 6) is 0.269. The zero-order chi connectivity index (χ0) is 18.8. The van der Waals surface area contributed by atoms with Crippen molar-refractivity contribution in [3.05, 3.63) is 64.6 Å². The van der Waals surface area contributed by atoms with Gasteiger partial charge in [-0.05, 0) is 37.1 Å². The summed E-state index contributed by atoms with van der Waals surface area (Å²) < 4.78 is 0. The lowest BCUT2D eigenvalue weighted by molar-refractivity contribution is 0.102. The lowest BCUT2D eigenvalue weighted by Gasteiger charge is -2.31. The van der Waals surface area contributed by atoms with E-state index < -0.39 is 5.91 Å². The van der Waals surface area contributed by atoms with Gasteiger partial charge in [0.2, 0.25) is 0 Å². The quantitative estimate of drug-likeness (QED) is 0.661. The van der Waals surface area contributed by atoms with Gasteiger partial charge >= 0.3 is 0 Å². The number of nitrogens with zero attached hydrogens (tertiary/aromatic N) is 2. The lowest BCUT2D eigenvalue weighted by atomic mass is 10.1. The number of aliphatic hydroxyl groups is 1. The number of amides is 1. The van der Waals surface area contributed by atoms with Gasteiger partial charge in [0.1, 0.15) is 5.69 Å². The first-order valence-corrected chi connectivity index (χ1v) is 8.93. The molecule has 3 N–H and O–H groups in total. The van der Waals surface area contributed by atoms with Crippen LogP contribution in [0.25, 0.3) is 10.9 Å². The number of carbonyl (C=O) groups excluding carboxylic acids is 1. The maximum Gasteiger partial charge on any atom is 0.272 e. The monoisotopic (exact) mass is 364 g/mol. The van der Waals surface area contributed by atoms with Crippen molar-refractivity contribution in [2.75, 3.05) is 23.3 Å². The van der Waals surface area contributed by atoms with E-state index in [0.717, 1.165) is 0 Å². The lowest BCUT2D eigenvalue weighted by Crippen LogP contribution is -2.36. The summed E-state index contributed by atoms with van der Waals surface area (Å²) in [6.45, 7) is 1.35. The average molecular weight is 364 g/mol. The Hall–Kier alpha value is -3.19. The highest BCUT2D eigenvalue weighted by Gasteiger charge is 2.21. The highest BCUT2D eigenvalue weighted by molar-refractivity contribution is 6.05. The Bertz CT molecular complexity index is 1040. The highest BCUT2D eigenvalue weighted by Crippen LogP contribution is 2.26. The van der Waals surface area contributed by atoms with Gasteiger partial charge in [-0.2, -0.15) is 0 Å². The number of nitrogens with one attached hydrogen (secondary N) is 2. The summed E-state index contributed by atoms with van der Waals surface area (Å²) in [4.78, 5) is 34.4. The van der Waals surface area contributed by atoms with Crippen molar-refractivity contribution in [3.8, 4) is 0 Å². The summed E-state index contributed by atoms with van der Waals surface area (Å²) in [6, 6.07) is 11.9. The molecule has 0 aliphatic carbocycles. The molecule has 1 fully saturated rings. The maximum atomic E-state index is 12.7. The fraction of sp³-hybridized carbons (Fsp3) is 0.250. The third kappa shape index (κ3) is 3.54. The number of anilines is 2. The number of carbonyl (C=O) groups is 1. The van der Waals surface area contributed by atoms with Crippen LogP contribution < -0.4 is 15.6 Å². The van der Waals surface area contributed by atoms with Gasteiger partial charge in [-0.15, -0.1) is 0 Å². The molecule has 7 heteroatoms. The van der Waals surface area contributed by atoms with Gasteiger partial charge in [-0.25, -0.2) is 4.98 Å². The number of pyridine rings is 2. The van der Waals surface area contributed by atoms with Crippen molar-refractivity contribution >= 4 is 28.3 Å². The van der Waals surface area contributed by atoms with Crippen LogP contribution in [0.2, 0.25) is 0 Å². The number of aliphatic hydroxyl groups excluding tert-OH is 1. The molecule has 27 heavy (non-hydrogen) atoms. The van der Waals surface area contributed by atoms with Crippen LogP contribution in [0, 0.1) is 0 Å². The van der Waals surface area contributed by atoms with Gasteiger partial charge in [0, 0.05) is 36.3 Å². The molecule has 0 bridgehead atoms. The third-order valence-electron chi connectivity index (χ3n) is 4.78. The Morgan fingerprint density at radius 1 is 1.19 bits per heavy atom. The standard InChI is InChI=1S/C20H20N4O3/c25-13-7-10-24(11-8-13)19-16(6-3-9-21-19)23-20(27)17-12-18(26)14-4-1-2-5-15(14)22-17/h1-6,9,12-13,25H,7-8,10-11H2,(H,22,26)(H,23,27). The zero-order valence-corrected chi connectivity index (χ0v) is 14.7. The van der Waals surface area contributed by atoms with Crippen LogP contribution in [0.5, 0.6) is 0 Å². The van der Waals surface area contributed by atoms with E-state index >= 15 is 0 Å². The molecule has 1 amide bonds. The number of fused-ring (bicyclic) bond motifs is 1. The van der Waals surface area contributed by atoms with E-state index in [2.05, 4.69) is 15.3 Å². The molecular formula is C20H20N4O3. The van der Waals surface area contributed by atoms with Crippen LogP contribution in [0.15, 0.2) is 53.5 Å². The predicted octanol–water partition coefficient (Wildman–Crippen LogP) is 2.14. The number of aromatic nitrogens is 2. The second kappa shape index (κ2) is 7.20. The fourth-order valence-corrected chi connectivity index (χ4v) is 3.33. The first-order valence-electron chi connectivity index (χ1n) is 8.93. The first-order chi connectivity index (χ1) is 13.1. The zero-order valence-electron chi connectivity index (χ0n) is 14.7. The maximum absolute atomic E-state index is 12.7. The Morgan fingerprint density at radius 2 is 1.96 bits per heavy atom. The molecule has 4 rings (SSSR count). The van der Waals surface area contributed by atoms with Crippen LogP contribution >= 0.6 is 0 Å². The SMILES string of the molecule is O=C(Nc1cccnc1N1CCC(O)CC1)c1cc(=O)c2ccccc2[nH]1. The Balaban J connectivity index is 1.61. The van der Waals surface area contributed by atoms with Crippen molar-refractivity contribution in [1.82, 2.24) is 9.97 Å². The van der Waals surface area contributed by atoms with Crippen molar-refractivity contribution < 1.29 is 9.90 Å². The van der Waals surface area contributed by atoms with Crippen LogP contribution in [0.3, 0.4) is 0 Å². The Labute approximate surface area is 155 Å². The Morgan fingerprint density at radius 3 is 2.78 bits per heavy atom. The van der Waals surface area contributed by atoms with Crippen molar-refractivity contribution in [2.24, 2.45) is 0 Å². The minimum atomic E-state index is -0.399. The van der Waals surface area contributed by atoms with Gasteiger partial charge in [-0.3, -0.25) is 9.59 Å². The van der Waals surface area contributed by atoms with Crippen LogP contribution in [-0.2, 0) is 0 Å². The van der Waals surface area contributed by atoms with E-state index in [1.54, 1.807) is 36.5 Å². The van der Waals surface area contributed by atoms with Gasteiger partial charge in [-0.1, -0.05) is 12.1 Å². The molecule has 7 nitrogen and oxygen atoms in total. The summed E-state index contributed by atoms with van der Waals surface area (Å²) in [5.41, 5.74) is 1.19. The number of para-hydroxylation sites is 1. The summed E-state index contributed by atoms with van der Waals surface area (Å²) in [5, 5.41) is 13.1. The molecule has 2 aromatic heterocycles. The molecule has 0 unspecified atom stereocenters. The number of H-pyrrole nitrogens is 1. The molecule has 1 aromatic carbocycles. The number of aromatic amines is 1. The molecular weight excluding hydrogens is 344 g/mol. The van der Waals surface area contributed by atoms with E-state index in [9.17, 15) is 14.7 Å². The molecule has 1 saturated heterocycles. The second-order valence-corrected chi connectivity index (χ2v) is 6.64. The van der Waals surface area contributed by atoms with Gasteiger partial charge < -0.3 is 20.3 Å². The van der Waals surface area contributed by atoms with Crippen molar-refractivity contribution in [3.63, 3.8) is 0 Å². The number of hydrogen-bond acceptors (Lipinski definition) is 5. The summed E-state index contributed by atoms with van der Waals surface area (Å²) in [6.07, 6.45) is 2.73. The molecule has 1 aliphatic rings. The van der Waals surface area contributed by atoms with Gasteiger partial charge in [0.15, 0.2) is 11.2 Å². The first kappa shape index (κ1) is 17.2. The average Bonchev–Trinajstić information content (AvgIpc) is 2.69. The predicted molar refractivity (Wildman–Crippen MR) is 104 cm³/mol.